The standard InChI is InChI=1S/C22H22FNO/c1-17-9-11-18(12-10-17)14-24-15-19-5-4-7-21(13-19)25-16-20-6-2-3-8-22(20)23/h2-13,24H,14-16H2,1H3/p+1. The topological polar surface area (TPSA) is 25.8 Å². The molecule has 128 valence electrons. The molecule has 0 atom stereocenters. The molecule has 3 aromatic rings. The van der Waals surface area contributed by atoms with E-state index in [1.54, 1.807) is 12.1 Å². The van der Waals surface area contributed by atoms with E-state index in [-0.39, 0.29) is 12.4 Å². The van der Waals surface area contributed by atoms with Gasteiger partial charge in [-0.05, 0) is 25.1 Å². The van der Waals surface area contributed by atoms with E-state index in [1.807, 2.05) is 24.3 Å². The Balaban J connectivity index is 1.52. The molecule has 0 heterocycles. The smallest absolute Gasteiger partial charge is 0.129 e. The molecule has 3 heteroatoms. The zero-order chi connectivity index (χ0) is 17.5. The van der Waals surface area contributed by atoms with E-state index >= 15 is 0 Å². The van der Waals surface area contributed by atoms with E-state index in [9.17, 15) is 4.39 Å². The van der Waals surface area contributed by atoms with Gasteiger partial charge >= 0.3 is 0 Å². The first-order valence-electron chi connectivity index (χ1n) is 8.53. The van der Waals surface area contributed by atoms with Crippen LogP contribution < -0.4 is 10.1 Å². The van der Waals surface area contributed by atoms with Crippen molar-refractivity contribution in [2.45, 2.75) is 26.6 Å². The molecule has 25 heavy (non-hydrogen) atoms. The Morgan fingerprint density at radius 1 is 0.840 bits per heavy atom. The molecule has 0 unspecified atom stereocenters. The first-order chi connectivity index (χ1) is 12.2. The summed E-state index contributed by atoms with van der Waals surface area (Å²) in [7, 11) is 0. The van der Waals surface area contributed by atoms with Crippen molar-refractivity contribution in [2.24, 2.45) is 0 Å². The average molecular weight is 336 g/mol. The van der Waals surface area contributed by atoms with Gasteiger partial charge in [0, 0.05) is 16.7 Å². The number of benzene rings is 3. The van der Waals surface area contributed by atoms with E-state index in [0.717, 1.165) is 18.8 Å². The van der Waals surface area contributed by atoms with Crippen molar-refractivity contribution >= 4 is 0 Å². The molecule has 0 aromatic heterocycles. The fourth-order valence-corrected chi connectivity index (χ4v) is 2.67. The third-order valence-corrected chi connectivity index (χ3v) is 4.13. The summed E-state index contributed by atoms with van der Waals surface area (Å²) in [5.41, 5.74) is 4.36. The van der Waals surface area contributed by atoms with Gasteiger partial charge in [0.15, 0.2) is 0 Å². The molecule has 2 nitrogen and oxygen atoms in total. The Hall–Kier alpha value is -2.65. The quantitative estimate of drug-likeness (QED) is 0.694. The third-order valence-electron chi connectivity index (χ3n) is 4.13. The number of nitrogens with two attached hydrogens (primary N) is 1. The van der Waals surface area contributed by atoms with Crippen LogP contribution in [0.25, 0.3) is 0 Å². The van der Waals surface area contributed by atoms with Crippen LogP contribution in [0.1, 0.15) is 22.3 Å². The van der Waals surface area contributed by atoms with Crippen molar-refractivity contribution in [3.8, 4) is 5.75 Å². The van der Waals surface area contributed by atoms with E-state index in [0.29, 0.717) is 5.56 Å². The monoisotopic (exact) mass is 336 g/mol. The minimum absolute atomic E-state index is 0.231. The molecule has 0 amide bonds. The van der Waals surface area contributed by atoms with Gasteiger partial charge in [-0.3, -0.25) is 0 Å². The van der Waals surface area contributed by atoms with Crippen LogP contribution in [0.5, 0.6) is 5.75 Å². The van der Waals surface area contributed by atoms with Crippen molar-refractivity contribution in [2.75, 3.05) is 0 Å². The fourth-order valence-electron chi connectivity index (χ4n) is 2.67. The van der Waals surface area contributed by atoms with Crippen LogP contribution >= 0.6 is 0 Å². The number of hydrogen-bond donors (Lipinski definition) is 1. The summed E-state index contributed by atoms with van der Waals surface area (Å²) >= 11 is 0. The van der Waals surface area contributed by atoms with Crippen LogP contribution in [-0.2, 0) is 19.7 Å². The van der Waals surface area contributed by atoms with Crippen molar-refractivity contribution in [3.63, 3.8) is 0 Å². The normalized spacial score (nSPS) is 10.6. The summed E-state index contributed by atoms with van der Waals surface area (Å²) in [6.45, 7) is 4.16. The van der Waals surface area contributed by atoms with E-state index < -0.39 is 0 Å². The van der Waals surface area contributed by atoms with Gasteiger partial charge in [-0.25, -0.2) is 4.39 Å². The van der Waals surface area contributed by atoms with Gasteiger partial charge in [0.25, 0.3) is 0 Å². The van der Waals surface area contributed by atoms with Gasteiger partial charge in [0.1, 0.15) is 31.3 Å². The predicted octanol–water partition coefficient (Wildman–Crippen LogP) is 3.98. The number of halogens is 1. The van der Waals surface area contributed by atoms with Gasteiger partial charge in [0.05, 0.1) is 0 Å². The maximum absolute atomic E-state index is 13.6. The molecule has 0 aliphatic carbocycles. The van der Waals surface area contributed by atoms with E-state index in [1.165, 1.54) is 22.8 Å². The fraction of sp³-hybridized carbons (Fsp3) is 0.182. The SMILES string of the molecule is Cc1ccc(C[NH2+]Cc2cccc(OCc3ccccc3F)c2)cc1. The summed E-state index contributed by atoms with van der Waals surface area (Å²) < 4.78 is 19.4. The molecular weight excluding hydrogens is 313 g/mol. The molecule has 0 saturated carbocycles. The van der Waals surface area contributed by atoms with Gasteiger partial charge < -0.3 is 10.1 Å². The third kappa shape index (κ3) is 5.16. The molecule has 0 saturated heterocycles. The van der Waals surface area contributed by atoms with Gasteiger partial charge in [-0.2, -0.15) is 0 Å². The summed E-state index contributed by atoms with van der Waals surface area (Å²) in [4.78, 5) is 0. The Morgan fingerprint density at radius 3 is 2.40 bits per heavy atom. The molecule has 0 bridgehead atoms. The zero-order valence-corrected chi connectivity index (χ0v) is 14.4. The highest BCUT2D eigenvalue weighted by Gasteiger charge is 2.03. The molecule has 0 aliphatic heterocycles. The van der Waals surface area contributed by atoms with E-state index in [4.69, 9.17) is 4.74 Å². The molecule has 2 N–H and O–H groups in total. The minimum Gasteiger partial charge on any atom is -0.489 e. The predicted molar refractivity (Wildman–Crippen MR) is 97.7 cm³/mol. The maximum Gasteiger partial charge on any atom is 0.129 e. The molecule has 0 radical (unpaired) electrons. The highest BCUT2D eigenvalue weighted by atomic mass is 19.1. The van der Waals surface area contributed by atoms with Crippen LogP contribution in [0, 0.1) is 12.7 Å². The summed E-state index contributed by atoms with van der Waals surface area (Å²) in [5, 5.41) is 2.26. The summed E-state index contributed by atoms with van der Waals surface area (Å²) in [5.74, 6) is 0.537. The van der Waals surface area contributed by atoms with E-state index in [2.05, 4.69) is 42.6 Å². The maximum atomic E-state index is 13.6. The summed E-state index contributed by atoms with van der Waals surface area (Å²) in [6, 6.07) is 23.3. The zero-order valence-electron chi connectivity index (χ0n) is 14.4. The van der Waals surface area contributed by atoms with Crippen molar-refractivity contribution in [1.29, 1.82) is 0 Å². The number of hydrogen-bond acceptors (Lipinski definition) is 1. The second-order valence-electron chi connectivity index (χ2n) is 6.21. The lowest BCUT2D eigenvalue weighted by molar-refractivity contribution is -0.686. The Labute approximate surface area is 148 Å². The highest BCUT2D eigenvalue weighted by Crippen LogP contribution is 2.16. The minimum atomic E-state index is -0.231. The van der Waals surface area contributed by atoms with Gasteiger partial charge in [-0.1, -0.05) is 60.2 Å². The Bertz CT molecular complexity index is 814. The van der Waals surface area contributed by atoms with Crippen molar-refractivity contribution < 1.29 is 14.4 Å². The highest BCUT2D eigenvalue weighted by molar-refractivity contribution is 5.28. The number of rotatable bonds is 7. The molecular formula is C22H23FNO+. The molecule has 0 spiro atoms. The first kappa shape index (κ1) is 17.2. The van der Waals surface area contributed by atoms with Crippen LogP contribution in [0.4, 0.5) is 4.39 Å². The van der Waals surface area contributed by atoms with Gasteiger partial charge in [-0.15, -0.1) is 0 Å². The number of aryl methyl sites for hydroxylation is 1. The van der Waals surface area contributed by atoms with Crippen molar-refractivity contribution in [1.82, 2.24) is 0 Å². The molecule has 0 fully saturated rings. The largest absolute Gasteiger partial charge is 0.489 e. The average Bonchev–Trinajstić information content (AvgIpc) is 2.63. The van der Waals surface area contributed by atoms with Crippen LogP contribution in [0.2, 0.25) is 0 Å². The lowest BCUT2D eigenvalue weighted by Crippen LogP contribution is -2.80. The number of quaternary nitrogens is 1. The Morgan fingerprint density at radius 2 is 1.60 bits per heavy atom. The lowest BCUT2D eigenvalue weighted by Gasteiger charge is -2.09. The van der Waals surface area contributed by atoms with Gasteiger partial charge in [0.2, 0.25) is 0 Å². The lowest BCUT2D eigenvalue weighted by atomic mass is 10.1. The van der Waals surface area contributed by atoms with Crippen LogP contribution in [0.3, 0.4) is 0 Å². The molecule has 3 rings (SSSR count). The second kappa shape index (κ2) is 8.45. The van der Waals surface area contributed by atoms with Crippen LogP contribution in [-0.4, -0.2) is 0 Å². The Kier molecular flexibility index (Phi) is 5.81. The second-order valence-corrected chi connectivity index (χ2v) is 6.21. The molecule has 0 aliphatic rings. The first-order valence-corrected chi connectivity index (χ1v) is 8.53. The number of ether oxygens (including phenoxy) is 1. The van der Waals surface area contributed by atoms with Crippen LogP contribution in [0.15, 0.2) is 72.8 Å². The molecule has 3 aromatic carbocycles. The summed E-state index contributed by atoms with van der Waals surface area (Å²) in [6.07, 6.45) is 0. The van der Waals surface area contributed by atoms with Crippen molar-refractivity contribution in [3.05, 3.63) is 101 Å².